The summed E-state index contributed by atoms with van der Waals surface area (Å²) >= 11 is 2.16. The van der Waals surface area contributed by atoms with Crippen LogP contribution in [0.4, 0.5) is 0 Å². The molecule has 1 aromatic rings. The van der Waals surface area contributed by atoms with Crippen molar-refractivity contribution in [2.75, 3.05) is 0 Å². The predicted octanol–water partition coefficient (Wildman–Crippen LogP) is 0.499. The lowest BCUT2D eigenvalue weighted by Crippen LogP contribution is -2.44. The van der Waals surface area contributed by atoms with Crippen molar-refractivity contribution in [1.82, 2.24) is 0 Å². The molecule has 0 heterocycles. The zero-order valence-electron chi connectivity index (χ0n) is 11.1. The first-order valence-corrected chi connectivity index (χ1v) is 6.59. The van der Waals surface area contributed by atoms with Gasteiger partial charge in [-0.25, -0.2) is 0 Å². The Morgan fingerprint density at radius 2 is 1.22 bits per heavy atom. The number of hydrogen-bond donors (Lipinski definition) is 4. The average Bonchev–Trinajstić information content (AvgIpc) is 2.16. The first-order chi connectivity index (χ1) is 7.95. The topological polar surface area (TPSA) is 80.9 Å². The quantitative estimate of drug-likeness (QED) is 0.454. The van der Waals surface area contributed by atoms with Gasteiger partial charge in [-0.15, -0.1) is 0 Å². The molecule has 1 aromatic carbocycles. The molecule has 0 unspecified atom stereocenters. The highest BCUT2D eigenvalue weighted by Crippen LogP contribution is 2.19. The molecule has 1 rings (SSSR count). The van der Waals surface area contributed by atoms with Crippen molar-refractivity contribution in [3.63, 3.8) is 0 Å². The summed E-state index contributed by atoms with van der Waals surface area (Å²) in [6.07, 6.45) is 0. The summed E-state index contributed by atoms with van der Waals surface area (Å²) in [7, 11) is -1.35. The van der Waals surface area contributed by atoms with Gasteiger partial charge in [-0.1, -0.05) is 12.1 Å². The Morgan fingerprint density at radius 1 is 0.889 bits per heavy atom. The van der Waals surface area contributed by atoms with Gasteiger partial charge >= 0.3 is 7.12 Å². The van der Waals surface area contributed by atoms with Crippen LogP contribution in [0.3, 0.4) is 0 Å². The molecule has 0 saturated heterocycles. The summed E-state index contributed by atoms with van der Waals surface area (Å²) in [6, 6.07) is 7.03. The van der Waals surface area contributed by atoms with E-state index in [9.17, 15) is 0 Å². The number of hydrogen-bond acceptors (Lipinski definition) is 4. The Balaban J connectivity index is 0.000000331. The number of benzene rings is 1. The standard InChI is InChI=1S/C6H6BIO2.C6H14O2/c8-6-3-1-5(2-4-6)7(9)10;1-5(2,7)6(3,4)8/h1-4,9-10H;7-8H,1-4H3. The maximum atomic E-state index is 9.10. The molecule has 6 heteroatoms. The largest absolute Gasteiger partial charge is 0.488 e. The van der Waals surface area contributed by atoms with E-state index < -0.39 is 18.3 Å². The maximum absolute atomic E-state index is 9.10. The van der Waals surface area contributed by atoms with E-state index in [1.54, 1.807) is 39.8 Å². The summed E-state index contributed by atoms with van der Waals surface area (Å²) in [5.74, 6) is 0. The van der Waals surface area contributed by atoms with Crippen LogP contribution in [0.1, 0.15) is 27.7 Å². The van der Waals surface area contributed by atoms with Crippen LogP contribution < -0.4 is 5.46 Å². The molecule has 0 aliphatic rings. The summed E-state index contributed by atoms with van der Waals surface area (Å²) in [6.45, 7) is 6.31. The SMILES string of the molecule is CC(C)(O)C(C)(C)O.OB(O)c1ccc(I)cc1. The van der Waals surface area contributed by atoms with E-state index in [-0.39, 0.29) is 0 Å². The Kier molecular flexibility index (Phi) is 6.80. The maximum Gasteiger partial charge on any atom is 0.488 e. The van der Waals surface area contributed by atoms with Gasteiger partial charge in [-0.05, 0) is 67.9 Å². The molecule has 0 spiro atoms. The molecule has 0 aromatic heterocycles. The van der Waals surface area contributed by atoms with E-state index in [1.807, 2.05) is 12.1 Å². The molecule has 0 aliphatic carbocycles. The first-order valence-electron chi connectivity index (χ1n) is 5.51. The van der Waals surface area contributed by atoms with Crippen LogP contribution in [0.15, 0.2) is 24.3 Å². The molecule has 0 fully saturated rings. The van der Waals surface area contributed by atoms with Crippen molar-refractivity contribution in [3.8, 4) is 0 Å². The highest BCUT2D eigenvalue weighted by molar-refractivity contribution is 14.1. The molecule has 4 N–H and O–H groups in total. The van der Waals surface area contributed by atoms with Crippen LogP contribution in [-0.4, -0.2) is 38.6 Å². The van der Waals surface area contributed by atoms with Crippen LogP contribution in [0.2, 0.25) is 0 Å². The van der Waals surface area contributed by atoms with Gasteiger partial charge in [0.2, 0.25) is 0 Å². The highest BCUT2D eigenvalue weighted by Gasteiger charge is 2.31. The van der Waals surface area contributed by atoms with Crippen molar-refractivity contribution in [3.05, 3.63) is 27.8 Å². The third-order valence-corrected chi connectivity index (χ3v) is 3.38. The Labute approximate surface area is 122 Å². The number of halogens is 1. The second kappa shape index (κ2) is 6.86. The third kappa shape index (κ3) is 6.70. The summed E-state index contributed by atoms with van der Waals surface area (Å²) in [5, 5.41) is 35.5. The average molecular weight is 366 g/mol. The molecule has 102 valence electrons. The fourth-order valence-corrected chi connectivity index (χ4v) is 0.994. The summed E-state index contributed by atoms with van der Waals surface area (Å²) in [4.78, 5) is 0. The van der Waals surface area contributed by atoms with Crippen LogP contribution in [-0.2, 0) is 0 Å². The smallest absolute Gasteiger partial charge is 0.423 e. The number of aliphatic hydroxyl groups is 2. The van der Waals surface area contributed by atoms with E-state index >= 15 is 0 Å². The van der Waals surface area contributed by atoms with E-state index in [4.69, 9.17) is 20.3 Å². The fourth-order valence-electron chi connectivity index (χ4n) is 0.635. The lowest BCUT2D eigenvalue weighted by molar-refractivity contribution is -0.107. The van der Waals surface area contributed by atoms with Gasteiger partial charge in [0.25, 0.3) is 0 Å². The molecule has 0 bridgehead atoms. The second-order valence-electron chi connectivity index (χ2n) is 5.04. The van der Waals surface area contributed by atoms with Crippen LogP contribution in [0.5, 0.6) is 0 Å². The van der Waals surface area contributed by atoms with Gasteiger partial charge in [0.05, 0.1) is 11.2 Å². The Morgan fingerprint density at radius 3 is 1.44 bits per heavy atom. The molecule has 18 heavy (non-hydrogen) atoms. The fraction of sp³-hybridized carbons (Fsp3) is 0.500. The minimum Gasteiger partial charge on any atom is -0.423 e. The van der Waals surface area contributed by atoms with Crippen molar-refractivity contribution < 1.29 is 20.3 Å². The van der Waals surface area contributed by atoms with Crippen molar-refractivity contribution in [2.24, 2.45) is 0 Å². The lowest BCUT2D eigenvalue weighted by atomic mass is 9.81. The third-order valence-electron chi connectivity index (χ3n) is 2.67. The molecule has 4 nitrogen and oxygen atoms in total. The van der Waals surface area contributed by atoms with Crippen molar-refractivity contribution in [2.45, 2.75) is 38.9 Å². The summed E-state index contributed by atoms with van der Waals surface area (Å²) in [5.41, 5.74) is -1.49. The molecule has 0 atom stereocenters. The van der Waals surface area contributed by atoms with Gasteiger partial charge in [-0.2, -0.15) is 0 Å². The van der Waals surface area contributed by atoms with Crippen LogP contribution in [0.25, 0.3) is 0 Å². The monoisotopic (exact) mass is 366 g/mol. The minimum atomic E-state index is -1.35. The zero-order chi connectivity index (χ0) is 14.6. The Hall–Kier alpha value is -0.145. The van der Waals surface area contributed by atoms with Gasteiger partial charge < -0.3 is 20.3 Å². The highest BCUT2D eigenvalue weighted by atomic mass is 127. The lowest BCUT2D eigenvalue weighted by Gasteiger charge is -2.31. The second-order valence-corrected chi connectivity index (χ2v) is 6.29. The summed E-state index contributed by atoms with van der Waals surface area (Å²) < 4.78 is 1.09. The van der Waals surface area contributed by atoms with E-state index in [1.165, 1.54) is 0 Å². The van der Waals surface area contributed by atoms with Gasteiger partial charge in [0.15, 0.2) is 0 Å². The molecular weight excluding hydrogens is 346 g/mol. The van der Waals surface area contributed by atoms with Crippen molar-refractivity contribution in [1.29, 1.82) is 0 Å². The first kappa shape index (κ1) is 17.9. The van der Waals surface area contributed by atoms with Gasteiger partial charge in [0.1, 0.15) is 0 Å². The molecule has 0 radical (unpaired) electrons. The van der Waals surface area contributed by atoms with E-state index in [0.717, 1.165) is 3.57 Å². The van der Waals surface area contributed by atoms with Gasteiger partial charge in [-0.3, -0.25) is 0 Å². The zero-order valence-corrected chi connectivity index (χ0v) is 13.2. The van der Waals surface area contributed by atoms with Crippen LogP contribution in [0, 0.1) is 3.57 Å². The predicted molar refractivity (Wildman–Crippen MR) is 81.6 cm³/mol. The molecule has 0 amide bonds. The van der Waals surface area contributed by atoms with Crippen LogP contribution >= 0.6 is 22.6 Å². The number of rotatable bonds is 2. The molecule has 0 aliphatic heterocycles. The van der Waals surface area contributed by atoms with E-state index in [2.05, 4.69) is 22.6 Å². The van der Waals surface area contributed by atoms with Crippen molar-refractivity contribution >= 4 is 35.2 Å². The Bertz CT molecular complexity index is 340. The molecular formula is C12H20BIO4. The molecule has 0 saturated carbocycles. The minimum absolute atomic E-state index is 0.528. The normalized spacial score (nSPS) is 11.6. The van der Waals surface area contributed by atoms with E-state index in [0.29, 0.717) is 5.46 Å². The van der Waals surface area contributed by atoms with Gasteiger partial charge in [0, 0.05) is 3.57 Å².